The number of halogens is 1. The van der Waals surface area contributed by atoms with E-state index in [2.05, 4.69) is 26.6 Å². The molecule has 1 atom stereocenters. The van der Waals surface area contributed by atoms with E-state index < -0.39 is 0 Å². The van der Waals surface area contributed by atoms with Crippen molar-refractivity contribution in [3.05, 3.63) is 28.2 Å². The first-order valence-corrected chi connectivity index (χ1v) is 6.89. The average Bonchev–Trinajstić information content (AvgIpc) is 2.72. The molecule has 4 nitrogen and oxygen atoms in total. The summed E-state index contributed by atoms with van der Waals surface area (Å²) < 4.78 is 0.871. The minimum Gasteiger partial charge on any atom is -0.389 e. The molecular formula is C12H14BrN3OS. The van der Waals surface area contributed by atoms with Crippen LogP contribution in [0.25, 0.3) is 0 Å². The molecular weight excluding hydrogens is 314 g/mol. The van der Waals surface area contributed by atoms with Crippen molar-refractivity contribution in [2.75, 3.05) is 11.9 Å². The second-order valence-corrected chi connectivity index (χ2v) is 5.54. The fraction of sp³-hybridized carbons (Fsp3) is 0.333. The molecule has 18 heavy (non-hydrogen) atoms. The summed E-state index contributed by atoms with van der Waals surface area (Å²) >= 11 is 8.37. The molecule has 0 spiro atoms. The van der Waals surface area contributed by atoms with Crippen molar-refractivity contribution in [1.82, 2.24) is 5.32 Å². The van der Waals surface area contributed by atoms with Crippen LogP contribution in [0.2, 0.25) is 0 Å². The number of hydrogen-bond donors (Lipinski definition) is 3. The topological polar surface area (TPSA) is 67.1 Å². The Morgan fingerprint density at radius 1 is 1.61 bits per heavy atom. The summed E-state index contributed by atoms with van der Waals surface area (Å²) in [5, 5.41) is 6.20. The maximum Gasteiger partial charge on any atom is 0.220 e. The van der Waals surface area contributed by atoms with Crippen LogP contribution in [0.15, 0.2) is 22.7 Å². The summed E-state index contributed by atoms with van der Waals surface area (Å²) in [6.45, 7) is 0.727. The highest BCUT2D eigenvalue weighted by Crippen LogP contribution is 2.21. The summed E-state index contributed by atoms with van der Waals surface area (Å²) in [5.74, 6) is 0.131. The van der Waals surface area contributed by atoms with Crippen LogP contribution in [0, 0.1) is 0 Å². The minimum atomic E-state index is 0.131. The standard InChI is InChI=1S/C12H14BrN3OS/c13-10-5-7(1-3-9(10)12(14)18)15-6-8-2-4-11(17)16-8/h1,3,5,8,15H,2,4,6H2,(H2,14,18)(H,16,17). The van der Waals surface area contributed by atoms with Crippen LogP contribution in [0.1, 0.15) is 18.4 Å². The van der Waals surface area contributed by atoms with Gasteiger partial charge in [0.2, 0.25) is 5.91 Å². The SMILES string of the molecule is NC(=S)c1ccc(NCC2CCC(=O)N2)cc1Br. The molecule has 4 N–H and O–H groups in total. The van der Waals surface area contributed by atoms with Crippen LogP contribution in [0.3, 0.4) is 0 Å². The summed E-state index contributed by atoms with van der Waals surface area (Å²) in [7, 11) is 0. The number of nitrogens with one attached hydrogen (secondary N) is 2. The van der Waals surface area contributed by atoms with Gasteiger partial charge in [0.15, 0.2) is 0 Å². The third-order valence-corrected chi connectivity index (χ3v) is 3.75. The van der Waals surface area contributed by atoms with Crippen LogP contribution < -0.4 is 16.4 Å². The average molecular weight is 328 g/mol. The van der Waals surface area contributed by atoms with Gasteiger partial charge in [0.1, 0.15) is 4.99 Å². The molecule has 6 heteroatoms. The van der Waals surface area contributed by atoms with E-state index in [1.165, 1.54) is 0 Å². The largest absolute Gasteiger partial charge is 0.389 e. The number of anilines is 1. The zero-order valence-corrected chi connectivity index (χ0v) is 12.1. The third kappa shape index (κ3) is 3.20. The van der Waals surface area contributed by atoms with E-state index in [1.54, 1.807) is 0 Å². The van der Waals surface area contributed by atoms with Crippen LogP contribution >= 0.6 is 28.1 Å². The van der Waals surface area contributed by atoms with E-state index in [9.17, 15) is 4.79 Å². The number of nitrogens with two attached hydrogens (primary N) is 1. The van der Waals surface area contributed by atoms with E-state index in [-0.39, 0.29) is 11.9 Å². The molecule has 1 fully saturated rings. The van der Waals surface area contributed by atoms with Gasteiger partial charge in [0.25, 0.3) is 0 Å². The fourth-order valence-corrected chi connectivity index (χ4v) is 2.80. The molecule has 1 amide bonds. The van der Waals surface area contributed by atoms with Gasteiger partial charge in [-0.05, 0) is 40.5 Å². The predicted octanol–water partition coefficient (Wildman–Crippen LogP) is 1.77. The summed E-state index contributed by atoms with van der Waals surface area (Å²) in [6.07, 6.45) is 1.51. The van der Waals surface area contributed by atoms with Crippen LogP contribution in [-0.4, -0.2) is 23.5 Å². The zero-order valence-electron chi connectivity index (χ0n) is 9.70. The Kier molecular flexibility index (Phi) is 4.19. The lowest BCUT2D eigenvalue weighted by Crippen LogP contribution is -2.31. The zero-order chi connectivity index (χ0) is 13.1. The molecule has 0 bridgehead atoms. The molecule has 1 aromatic rings. The molecule has 0 aliphatic carbocycles. The van der Waals surface area contributed by atoms with Crippen LogP contribution in [0.5, 0.6) is 0 Å². The number of rotatable bonds is 4. The van der Waals surface area contributed by atoms with Gasteiger partial charge in [-0.15, -0.1) is 0 Å². The highest BCUT2D eigenvalue weighted by Gasteiger charge is 2.20. The van der Waals surface area contributed by atoms with Gasteiger partial charge in [0.05, 0.1) is 0 Å². The first-order chi connectivity index (χ1) is 8.56. The fourth-order valence-electron chi connectivity index (χ4n) is 1.90. The van der Waals surface area contributed by atoms with Crippen molar-refractivity contribution in [3.63, 3.8) is 0 Å². The van der Waals surface area contributed by atoms with Gasteiger partial charge in [-0.2, -0.15) is 0 Å². The van der Waals surface area contributed by atoms with Crippen molar-refractivity contribution >= 4 is 44.7 Å². The molecule has 1 saturated heterocycles. The Hall–Kier alpha value is -1.14. The maximum atomic E-state index is 11.1. The highest BCUT2D eigenvalue weighted by atomic mass is 79.9. The summed E-state index contributed by atoms with van der Waals surface area (Å²) in [6, 6.07) is 5.95. The molecule has 96 valence electrons. The lowest BCUT2D eigenvalue weighted by Gasteiger charge is -2.13. The Balaban J connectivity index is 1.96. The van der Waals surface area contributed by atoms with Crippen molar-refractivity contribution in [3.8, 4) is 0 Å². The van der Waals surface area contributed by atoms with Crippen molar-refractivity contribution < 1.29 is 4.79 Å². The van der Waals surface area contributed by atoms with E-state index in [0.717, 1.165) is 28.7 Å². The Labute approximate surface area is 119 Å². The number of hydrogen-bond acceptors (Lipinski definition) is 3. The first-order valence-electron chi connectivity index (χ1n) is 5.69. The van der Waals surface area contributed by atoms with Gasteiger partial charge in [-0.1, -0.05) is 12.2 Å². The molecule has 0 radical (unpaired) electrons. The van der Waals surface area contributed by atoms with Crippen molar-refractivity contribution in [2.45, 2.75) is 18.9 Å². The molecule has 1 aromatic carbocycles. The van der Waals surface area contributed by atoms with Gasteiger partial charge in [-0.25, -0.2) is 0 Å². The number of amides is 1. The van der Waals surface area contributed by atoms with Gasteiger partial charge in [-0.3, -0.25) is 4.79 Å². The monoisotopic (exact) mass is 327 g/mol. The molecule has 1 aliphatic heterocycles. The van der Waals surface area contributed by atoms with Gasteiger partial charge < -0.3 is 16.4 Å². The molecule has 1 heterocycles. The van der Waals surface area contributed by atoms with E-state index in [1.807, 2.05) is 18.2 Å². The summed E-state index contributed by atoms with van der Waals surface area (Å²) in [5.41, 5.74) is 7.39. The number of carbonyl (C=O) groups excluding carboxylic acids is 1. The van der Waals surface area contributed by atoms with Crippen LogP contribution in [-0.2, 0) is 4.79 Å². The van der Waals surface area contributed by atoms with Gasteiger partial charge >= 0.3 is 0 Å². The Morgan fingerprint density at radius 3 is 2.94 bits per heavy atom. The van der Waals surface area contributed by atoms with Crippen molar-refractivity contribution in [1.29, 1.82) is 0 Å². The minimum absolute atomic E-state index is 0.131. The smallest absolute Gasteiger partial charge is 0.220 e. The predicted molar refractivity (Wildman–Crippen MR) is 79.7 cm³/mol. The second-order valence-electron chi connectivity index (χ2n) is 4.24. The quantitative estimate of drug-likeness (QED) is 0.737. The maximum absolute atomic E-state index is 11.1. The molecule has 1 aliphatic rings. The Morgan fingerprint density at radius 2 is 2.39 bits per heavy atom. The lowest BCUT2D eigenvalue weighted by molar-refractivity contribution is -0.119. The first kappa shape index (κ1) is 13.3. The summed E-state index contributed by atoms with van der Waals surface area (Å²) in [4.78, 5) is 11.4. The molecule has 1 unspecified atom stereocenters. The Bertz CT molecular complexity index is 492. The molecule has 0 aromatic heterocycles. The molecule has 0 saturated carbocycles. The van der Waals surface area contributed by atoms with E-state index in [0.29, 0.717) is 11.4 Å². The van der Waals surface area contributed by atoms with E-state index >= 15 is 0 Å². The second kappa shape index (κ2) is 5.67. The lowest BCUT2D eigenvalue weighted by atomic mass is 10.2. The third-order valence-electron chi connectivity index (χ3n) is 2.87. The van der Waals surface area contributed by atoms with Crippen molar-refractivity contribution in [2.24, 2.45) is 5.73 Å². The van der Waals surface area contributed by atoms with Crippen LogP contribution in [0.4, 0.5) is 5.69 Å². The normalized spacial score (nSPS) is 18.5. The molecule has 2 rings (SSSR count). The number of benzene rings is 1. The number of carbonyl (C=O) groups is 1. The van der Waals surface area contributed by atoms with E-state index in [4.69, 9.17) is 18.0 Å². The highest BCUT2D eigenvalue weighted by molar-refractivity contribution is 9.10. The number of thiocarbonyl (C=S) groups is 1. The van der Waals surface area contributed by atoms with Gasteiger partial charge in [0, 0.05) is 34.7 Å².